The summed E-state index contributed by atoms with van der Waals surface area (Å²) in [5.74, 6) is -0.0322. The van der Waals surface area contributed by atoms with Crippen molar-refractivity contribution in [1.82, 2.24) is 28.9 Å². The minimum atomic E-state index is -1.17. The molecule has 1 aliphatic heterocycles. The molecule has 1 atom stereocenters. The number of halogens is 1. The molecule has 198 valence electrons. The van der Waals surface area contributed by atoms with Gasteiger partial charge in [0.15, 0.2) is 0 Å². The summed E-state index contributed by atoms with van der Waals surface area (Å²) in [6.07, 6.45) is 3.53. The average Bonchev–Trinajstić information content (AvgIpc) is 3.55. The number of hydrogen-bond donors (Lipinski definition) is 1. The number of fused-ring (bicyclic) bond motifs is 3. The SMILES string of the molecule is Cc1nnn(C)c1-c1cnc2c3snc(C(C)(C)O)c3n(C(c3cccc(F)c3C)C3CCOCC3)c2c1. The maximum Gasteiger partial charge on any atom is 0.126 e. The van der Waals surface area contributed by atoms with Crippen LogP contribution in [-0.4, -0.2) is 47.2 Å². The molecule has 0 radical (unpaired) electrons. The van der Waals surface area contributed by atoms with Gasteiger partial charge in [0.2, 0.25) is 0 Å². The van der Waals surface area contributed by atoms with Gasteiger partial charge in [0.25, 0.3) is 0 Å². The predicted octanol–water partition coefficient (Wildman–Crippen LogP) is 5.44. The van der Waals surface area contributed by atoms with E-state index in [2.05, 4.69) is 20.9 Å². The molecule has 0 bridgehead atoms. The molecule has 0 amide bonds. The number of pyridine rings is 1. The molecule has 0 aliphatic carbocycles. The monoisotopic (exact) mass is 534 g/mol. The first-order valence-electron chi connectivity index (χ1n) is 12.9. The van der Waals surface area contributed by atoms with Gasteiger partial charge in [0.05, 0.1) is 33.2 Å². The van der Waals surface area contributed by atoms with Crippen LogP contribution in [0.25, 0.3) is 32.5 Å². The Morgan fingerprint density at radius 2 is 1.97 bits per heavy atom. The van der Waals surface area contributed by atoms with Crippen LogP contribution in [0.15, 0.2) is 30.5 Å². The molecule has 1 fully saturated rings. The fourth-order valence-electron chi connectivity index (χ4n) is 5.85. The average molecular weight is 535 g/mol. The second kappa shape index (κ2) is 9.21. The van der Waals surface area contributed by atoms with Crippen molar-refractivity contribution in [2.45, 2.75) is 52.2 Å². The van der Waals surface area contributed by atoms with Crippen molar-refractivity contribution in [2.75, 3.05) is 13.2 Å². The largest absolute Gasteiger partial charge is 0.384 e. The lowest BCUT2D eigenvalue weighted by molar-refractivity contribution is 0.0547. The Hall–Kier alpha value is -3.21. The Labute approximate surface area is 224 Å². The van der Waals surface area contributed by atoms with Crippen molar-refractivity contribution in [2.24, 2.45) is 13.0 Å². The smallest absolute Gasteiger partial charge is 0.126 e. The molecule has 0 saturated carbocycles. The van der Waals surface area contributed by atoms with Crippen molar-refractivity contribution in [3.63, 3.8) is 0 Å². The summed E-state index contributed by atoms with van der Waals surface area (Å²) in [4.78, 5) is 4.93. The molecule has 5 aromatic rings. The summed E-state index contributed by atoms with van der Waals surface area (Å²) >= 11 is 1.35. The first kappa shape index (κ1) is 25.1. The van der Waals surface area contributed by atoms with E-state index in [0.717, 1.165) is 56.6 Å². The first-order valence-corrected chi connectivity index (χ1v) is 13.7. The number of aromatic nitrogens is 6. The number of nitrogens with zero attached hydrogens (tertiary/aromatic N) is 6. The Kier molecular flexibility index (Phi) is 6.08. The summed E-state index contributed by atoms with van der Waals surface area (Å²) in [6.45, 7) is 8.59. The third kappa shape index (κ3) is 3.93. The second-order valence-electron chi connectivity index (χ2n) is 10.7. The summed E-state index contributed by atoms with van der Waals surface area (Å²) in [5.41, 5.74) is 6.16. The standard InChI is InChI=1S/C28H31FN6O2S/c1-15-19(7-6-8-20(15)29)24(17-9-11-37-12-10-17)35-21-13-18(23-16(2)31-33-34(23)5)14-30-22(21)26-25(35)27(32-38-26)28(3,4)36/h6-8,13-14,17,24,36H,9-12H2,1-5H3. The van der Waals surface area contributed by atoms with E-state index in [4.69, 9.17) is 14.1 Å². The number of aliphatic hydroxyl groups is 1. The number of hydrogen-bond acceptors (Lipinski definition) is 7. The molecule has 38 heavy (non-hydrogen) atoms. The molecule has 8 nitrogen and oxygen atoms in total. The molecule has 10 heteroatoms. The lowest BCUT2D eigenvalue weighted by Crippen LogP contribution is -2.28. The number of aryl methyl sites for hydroxylation is 2. The van der Waals surface area contributed by atoms with Crippen molar-refractivity contribution in [1.29, 1.82) is 0 Å². The van der Waals surface area contributed by atoms with Crippen LogP contribution >= 0.6 is 11.5 Å². The zero-order chi connectivity index (χ0) is 26.8. The minimum absolute atomic E-state index is 0.196. The zero-order valence-electron chi connectivity index (χ0n) is 22.2. The molecule has 0 spiro atoms. The van der Waals surface area contributed by atoms with E-state index >= 15 is 4.39 Å². The topological polar surface area (TPSA) is 90.9 Å². The van der Waals surface area contributed by atoms with Gasteiger partial charge in [-0.25, -0.2) is 9.07 Å². The van der Waals surface area contributed by atoms with Crippen LogP contribution in [0.4, 0.5) is 4.39 Å². The highest BCUT2D eigenvalue weighted by atomic mass is 32.1. The van der Waals surface area contributed by atoms with Gasteiger partial charge in [0.1, 0.15) is 22.6 Å². The van der Waals surface area contributed by atoms with Crippen molar-refractivity contribution in [3.05, 3.63) is 58.8 Å². The summed E-state index contributed by atoms with van der Waals surface area (Å²) < 4.78 is 30.4. The summed E-state index contributed by atoms with van der Waals surface area (Å²) in [7, 11) is 1.87. The van der Waals surface area contributed by atoms with Crippen LogP contribution in [0.2, 0.25) is 0 Å². The van der Waals surface area contributed by atoms with E-state index in [0.29, 0.717) is 24.5 Å². The van der Waals surface area contributed by atoms with E-state index in [9.17, 15) is 5.11 Å². The van der Waals surface area contributed by atoms with Gasteiger partial charge < -0.3 is 14.4 Å². The van der Waals surface area contributed by atoms with Crippen LogP contribution < -0.4 is 0 Å². The molecule has 1 unspecified atom stereocenters. The lowest BCUT2D eigenvalue weighted by Gasteiger charge is -2.34. The van der Waals surface area contributed by atoms with E-state index in [-0.39, 0.29) is 17.8 Å². The third-order valence-electron chi connectivity index (χ3n) is 7.72. The molecule has 1 saturated heterocycles. The van der Waals surface area contributed by atoms with Gasteiger partial charge in [-0.15, -0.1) is 5.10 Å². The van der Waals surface area contributed by atoms with E-state index in [1.165, 1.54) is 17.6 Å². The van der Waals surface area contributed by atoms with Gasteiger partial charge in [0, 0.05) is 32.0 Å². The first-order chi connectivity index (χ1) is 18.2. The fraction of sp³-hybridized carbons (Fsp3) is 0.429. The Morgan fingerprint density at radius 3 is 2.66 bits per heavy atom. The third-order valence-corrected chi connectivity index (χ3v) is 8.56. The van der Waals surface area contributed by atoms with E-state index < -0.39 is 5.60 Å². The number of rotatable bonds is 5. The van der Waals surface area contributed by atoms with Crippen molar-refractivity contribution >= 4 is 32.8 Å². The highest BCUT2D eigenvalue weighted by Crippen LogP contribution is 2.45. The molecule has 1 aliphatic rings. The number of ether oxygens (including phenoxy) is 1. The van der Waals surface area contributed by atoms with E-state index in [1.807, 2.05) is 33.2 Å². The van der Waals surface area contributed by atoms with Crippen LogP contribution in [0.5, 0.6) is 0 Å². The van der Waals surface area contributed by atoms with E-state index in [1.54, 1.807) is 24.6 Å². The normalized spacial score (nSPS) is 16.1. The fourth-order valence-corrected chi connectivity index (χ4v) is 6.87. The van der Waals surface area contributed by atoms with Gasteiger partial charge in [-0.2, -0.15) is 4.37 Å². The summed E-state index contributed by atoms with van der Waals surface area (Å²) in [6, 6.07) is 7.23. The minimum Gasteiger partial charge on any atom is -0.384 e. The second-order valence-corrected chi connectivity index (χ2v) is 11.5. The molecule has 6 rings (SSSR count). The van der Waals surface area contributed by atoms with Crippen LogP contribution in [0.1, 0.15) is 55.2 Å². The van der Waals surface area contributed by atoms with Crippen LogP contribution in [0, 0.1) is 25.6 Å². The Bertz CT molecular complexity index is 1640. The molecular formula is C28H31FN6O2S. The zero-order valence-corrected chi connectivity index (χ0v) is 23.0. The van der Waals surface area contributed by atoms with Crippen molar-refractivity contribution in [3.8, 4) is 11.3 Å². The molecule has 1 N–H and O–H groups in total. The van der Waals surface area contributed by atoms with Gasteiger partial charge in [-0.05, 0) is 81.2 Å². The number of benzene rings is 1. The molecule has 5 heterocycles. The maximum absolute atomic E-state index is 15.0. The highest BCUT2D eigenvalue weighted by molar-refractivity contribution is 7.14. The van der Waals surface area contributed by atoms with Gasteiger partial charge >= 0.3 is 0 Å². The maximum atomic E-state index is 15.0. The van der Waals surface area contributed by atoms with Crippen LogP contribution in [-0.2, 0) is 17.4 Å². The van der Waals surface area contributed by atoms with Crippen molar-refractivity contribution < 1.29 is 14.2 Å². The molecular weight excluding hydrogens is 503 g/mol. The quantitative estimate of drug-likeness (QED) is 0.323. The van der Waals surface area contributed by atoms with Gasteiger partial charge in [-0.1, -0.05) is 17.3 Å². The molecule has 4 aromatic heterocycles. The molecule has 1 aromatic carbocycles. The Balaban J connectivity index is 1.73. The van der Waals surface area contributed by atoms with Crippen LogP contribution in [0.3, 0.4) is 0 Å². The predicted molar refractivity (Wildman–Crippen MR) is 146 cm³/mol. The summed E-state index contributed by atoms with van der Waals surface area (Å²) in [5, 5.41) is 19.6. The van der Waals surface area contributed by atoms with Gasteiger partial charge in [-0.3, -0.25) is 4.98 Å². The Morgan fingerprint density at radius 1 is 1.21 bits per heavy atom. The lowest BCUT2D eigenvalue weighted by atomic mass is 9.84. The highest BCUT2D eigenvalue weighted by Gasteiger charge is 2.35.